The highest BCUT2D eigenvalue weighted by Gasteiger charge is 2.38. The minimum atomic E-state index is -4.76. The lowest BCUT2D eigenvalue weighted by Gasteiger charge is -2.25. The quantitative estimate of drug-likeness (QED) is 0.103. The Hall–Kier alpha value is -5.54. The Bertz CT molecular complexity index is 1880. The minimum Gasteiger partial charge on any atom is -0.438 e. The number of hydrogen-bond donors (Lipinski definition) is 4. The summed E-state index contributed by atoms with van der Waals surface area (Å²) in [6.07, 6.45) is 1.41. The Balaban J connectivity index is 1.26. The van der Waals surface area contributed by atoms with Crippen molar-refractivity contribution in [3.63, 3.8) is 0 Å². The molecular formula is C30H32F3N11O4. The molecule has 3 aromatic heterocycles. The highest BCUT2D eigenvalue weighted by Crippen LogP contribution is 2.37. The first-order valence-corrected chi connectivity index (χ1v) is 14.9. The number of primary amides is 1. The molecule has 2 amide bonds. The zero-order chi connectivity index (χ0) is 34.6. The Kier molecular flexibility index (Phi) is 9.91. The molecule has 1 aliphatic heterocycles. The predicted octanol–water partition coefficient (Wildman–Crippen LogP) is 1.95. The van der Waals surface area contributed by atoms with Crippen LogP contribution in [0.2, 0.25) is 0 Å². The van der Waals surface area contributed by atoms with Crippen LogP contribution in [-0.2, 0) is 33.5 Å². The third kappa shape index (κ3) is 7.21. The molecule has 48 heavy (non-hydrogen) atoms. The van der Waals surface area contributed by atoms with Gasteiger partial charge in [-0.25, -0.2) is 14.8 Å². The summed E-state index contributed by atoms with van der Waals surface area (Å²) >= 11 is 0. The highest BCUT2D eigenvalue weighted by atomic mass is 19.4. The van der Waals surface area contributed by atoms with Crippen molar-refractivity contribution in [3.8, 4) is 17.3 Å². The SMILES string of the molecule is CCc1cc(Nc2nccn3c(-c4cn(CC#N)nc4C(F)(F)F)cnc23)ccc1C(=O)NCCCN1CC[C@@H](N)C1OC(=O)C(N)=O. The molecule has 0 bridgehead atoms. The Morgan fingerprint density at radius 2 is 2.02 bits per heavy atom. The second kappa shape index (κ2) is 14.1. The summed E-state index contributed by atoms with van der Waals surface area (Å²) in [6.45, 7) is 2.88. The number of esters is 1. The van der Waals surface area contributed by atoms with Crippen LogP contribution >= 0.6 is 0 Å². The van der Waals surface area contributed by atoms with Crippen LogP contribution in [0.4, 0.5) is 24.7 Å². The number of benzene rings is 1. The average molecular weight is 668 g/mol. The zero-order valence-corrected chi connectivity index (χ0v) is 25.7. The maximum atomic E-state index is 13.8. The van der Waals surface area contributed by atoms with Gasteiger partial charge in [0.1, 0.15) is 6.54 Å². The van der Waals surface area contributed by atoms with E-state index >= 15 is 0 Å². The van der Waals surface area contributed by atoms with Crippen molar-refractivity contribution in [1.29, 1.82) is 5.26 Å². The average Bonchev–Trinajstić information content (AvgIpc) is 3.77. The number of nitrogens with one attached hydrogen (secondary N) is 2. The predicted molar refractivity (Wildman–Crippen MR) is 164 cm³/mol. The van der Waals surface area contributed by atoms with Crippen molar-refractivity contribution in [2.45, 2.75) is 51.2 Å². The van der Waals surface area contributed by atoms with Crippen molar-refractivity contribution >= 4 is 34.9 Å². The van der Waals surface area contributed by atoms with Gasteiger partial charge in [0.25, 0.3) is 5.91 Å². The zero-order valence-electron chi connectivity index (χ0n) is 25.7. The number of nitriles is 1. The van der Waals surface area contributed by atoms with Crippen molar-refractivity contribution in [1.82, 2.24) is 34.4 Å². The largest absolute Gasteiger partial charge is 0.438 e. The summed E-state index contributed by atoms with van der Waals surface area (Å²) in [4.78, 5) is 46.2. The van der Waals surface area contributed by atoms with E-state index in [0.29, 0.717) is 50.1 Å². The van der Waals surface area contributed by atoms with Gasteiger partial charge in [0.05, 0.1) is 29.6 Å². The van der Waals surface area contributed by atoms with Crippen LogP contribution in [0.15, 0.2) is 43.0 Å². The highest BCUT2D eigenvalue weighted by molar-refractivity contribution is 6.31. The number of aryl methyl sites for hydroxylation is 1. The maximum absolute atomic E-state index is 13.8. The monoisotopic (exact) mass is 667 g/mol. The molecule has 1 aliphatic rings. The first kappa shape index (κ1) is 33.8. The van der Waals surface area contributed by atoms with Crippen LogP contribution in [0.5, 0.6) is 0 Å². The van der Waals surface area contributed by atoms with Gasteiger partial charge >= 0.3 is 18.1 Å². The van der Waals surface area contributed by atoms with E-state index in [1.165, 1.54) is 23.0 Å². The van der Waals surface area contributed by atoms with Crippen molar-refractivity contribution in [2.24, 2.45) is 11.5 Å². The number of nitrogens with two attached hydrogens (primary N) is 2. The van der Waals surface area contributed by atoms with E-state index in [9.17, 15) is 27.6 Å². The summed E-state index contributed by atoms with van der Waals surface area (Å²) in [7, 11) is 0. The topological polar surface area (TPSA) is 212 Å². The molecule has 1 fully saturated rings. The molecule has 2 atom stereocenters. The van der Waals surface area contributed by atoms with Crippen molar-refractivity contribution < 1.29 is 32.3 Å². The van der Waals surface area contributed by atoms with E-state index in [0.717, 1.165) is 16.4 Å². The lowest BCUT2D eigenvalue weighted by atomic mass is 10.0. The molecule has 6 N–H and O–H groups in total. The number of nitrogens with zero attached hydrogens (tertiary/aromatic N) is 7. The van der Waals surface area contributed by atoms with Gasteiger partial charge < -0.3 is 26.8 Å². The fourth-order valence-corrected chi connectivity index (χ4v) is 5.50. The molecule has 0 radical (unpaired) electrons. The van der Waals surface area contributed by atoms with Crippen LogP contribution in [0.25, 0.3) is 16.9 Å². The van der Waals surface area contributed by atoms with E-state index in [2.05, 4.69) is 25.7 Å². The van der Waals surface area contributed by atoms with Crippen LogP contribution < -0.4 is 22.1 Å². The number of alkyl halides is 3. The number of amides is 2. The normalized spacial score (nSPS) is 16.5. The molecule has 15 nitrogen and oxygen atoms in total. The number of imidazole rings is 1. The van der Waals surface area contributed by atoms with Gasteiger partial charge in [-0.3, -0.25) is 23.6 Å². The molecule has 18 heteroatoms. The Morgan fingerprint density at radius 1 is 1.23 bits per heavy atom. The molecule has 1 saturated heterocycles. The van der Waals surface area contributed by atoms with E-state index in [4.69, 9.17) is 21.5 Å². The molecule has 1 unspecified atom stereocenters. The summed E-state index contributed by atoms with van der Waals surface area (Å²) < 4.78 is 48.9. The Labute approximate surface area is 271 Å². The number of halogens is 3. The smallest absolute Gasteiger partial charge is 0.435 e. The number of fused-ring (bicyclic) bond motifs is 1. The summed E-state index contributed by atoms with van der Waals surface area (Å²) in [5.41, 5.74) is 11.8. The van der Waals surface area contributed by atoms with Gasteiger partial charge in [0, 0.05) is 49.5 Å². The third-order valence-electron chi connectivity index (χ3n) is 7.77. The van der Waals surface area contributed by atoms with E-state index < -0.39 is 36.0 Å². The molecule has 4 aromatic rings. The van der Waals surface area contributed by atoms with Gasteiger partial charge in [-0.15, -0.1) is 0 Å². The number of hydrogen-bond acceptors (Lipinski definition) is 11. The summed E-state index contributed by atoms with van der Waals surface area (Å²) in [6, 6.07) is 6.44. The number of likely N-dealkylation sites (tertiary alicyclic amines) is 1. The molecule has 1 aromatic carbocycles. The number of aromatic nitrogens is 5. The second-order valence-corrected chi connectivity index (χ2v) is 11.0. The second-order valence-electron chi connectivity index (χ2n) is 11.0. The van der Waals surface area contributed by atoms with Crippen LogP contribution in [-0.4, -0.2) is 78.7 Å². The maximum Gasteiger partial charge on any atom is 0.435 e. The Morgan fingerprint density at radius 3 is 2.73 bits per heavy atom. The third-order valence-corrected chi connectivity index (χ3v) is 7.77. The van der Waals surface area contributed by atoms with Gasteiger partial charge in [-0.2, -0.15) is 23.5 Å². The van der Waals surface area contributed by atoms with E-state index in [1.807, 2.05) is 11.8 Å². The fourth-order valence-electron chi connectivity index (χ4n) is 5.50. The molecule has 252 valence electrons. The molecular weight excluding hydrogens is 635 g/mol. The van der Waals surface area contributed by atoms with Crippen LogP contribution in [0.1, 0.15) is 41.4 Å². The van der Waals surface area contributed by atoms with Gasteiger partial charge in [-0.1, -0.05) is 6.92 Å². The van der Waals surface area contributed by atoms with Crippen molar-refractivity contribution in [3.05, 3.63) is 59.8 Å². The standard InChI is InChI=1S/C30H32F3N11O4/c1-2-17-14-18(4-5-19(17)27(46)38-8-3-10-42-11-6-21(35)28(42)48-29(47)24(36)45)40-25-26-39-15-22(44(26)13-9-37-25)20-16-43(12-7-34)41-23(20)30(31,32)33/h4-5,9,13-16,21,28H,2-3,6,8,10-12,35H2,1H3,(H2,36,45)(H,37,40)(H,38,46)/t21-,28?/m1/s1. The molecule has 0 spiro atoms. The summed E-state index contributed by atoms with van der Waals surface area (Å²) in [5.74, 6) is -2.37. The molecule has 5 rings (SSSR count). The first-order valence-electron chi connectivity index (χ1n) is 14.9. The van der Waals surface area contributed by atoms with Crippen molar-refractivity contribution in [2.75, 3.05) is 25.0 Å². The lowest BCUT2D eigenvalue weighted by molar-refractivity contribution is -0.164. The van der Waals surface area contributed by atoms with Crippen LogP contribution in [0, 0.1) is 11.3 Å². The fraction of sp³-hybridized carbons (Fsp3) is 0.367. The van der Waals surface area contributed by atoms with E-state index in [1.54, 1.807) is 24.3 Å². The number of carbonyl (C=O) groups excluding carboxylic acids is 3. The summed E-state index contributed by atoms with van der Waals surface area (Å²) in [5, 5.41) is 18.5. The number of anilines is 2. The van der Waals surface area contributed by atoms with Gasteiger partial charge in [-0.05, 0) is 43.0 Å². The molecule has 4 heterocycles. The lowest BCUT2D eigenvalue weighted by Crippen LogP contribution is -2.45. The number of rotatable bonds is 11. The van der Waals surface area contributed by atoms with Crippen LogP contribution in [0.3, 0.4) is 0 Å². The number of ether oxygens (including phenoxy) is 1. The molecule has 0 saturated carbocycles. The first-order chi connectivity index (χ1) is 22.9. The van der Waals surface area contributed by atoms with Gasteiger partial charge in [0.15, 0.2) is 23.4 Å². The minimum absolute atomic E-state index is 0.114. The molecule has 0 aliphatic carbocycles. The number of carbonyl (C=O) groups is 3. The van der Waals surface area contributed by atoms with E-state index in [-0.39, 0.29) is 35.2 Å². The van der Waals surface area contributed by atoms with Gasteiger partial charge in [0.2, 0.25) is 0 Å².